The van der Waals surface area contributed by atoms with E-state index in [2.05, 4.69) is 0 Å². The fraction of sp³-hybridized carbons (Fsp3) is 0.263. The number of carbonyl (C=O) groups excluding carboxylic acids is 1. The third kappa shape index (κ3) is 4.56. The molecule has 1 aliphatic rings. The van der Waals surface area contributed by atoms with Crippen LogP contribution in [0.5, 0.6) is 0 Å². The second kappa shape index (κ2) is 7.98. The van der Waals surface area contributed by atoms with Gasteiger partial charge in [0.15, 0.2) is 0 Å². The van der Waals surface area contributed by atoms with Crippen LogP contribution in [-0.2, 0) is 16.4 Å². The van der Waals surface area contributed by atoms with Gasteiger partial charge in [-0.05, 0) is 54.8 Å². The summed E-state index contributed by atoms with van der Waals surface area (Å²) < 4.78 is 64.4. The zero-order valence-electron chi connectivity index (χ0n) is 15.4. The zero-order chi connectivity index (χ0) is 22.1. The molecule has 0 bridgehead atoms. The van der Waals surface area contributed by atoms with Gasteiger partial charge in [0.25, 0.3) is 15.9 Å². The number of fused-ring (bicyclic) bond motifs is 1. The molecule has 0 saturated heterocycles. The Morgan fingerprint density at radius 2 is 1.83 bits per heavy atom. The lowest BCUT2D eigenvalue weighted by atomic mass is 10.0. The number of carbonyl (C=O) groups is 2. The molecule has 0 unspecified atom stereocenters. The van der Waals surface area contributed by atoms with E-state index < -0.39 is 34.6 Å². The number of halogens is 3. The highest BCUT2D eigenvalue weighted by molar-refractivity contribution is 7.92. The molecule has 1 aliphatic heterocycles. The maximum atomic E-state index is 13.2. The van der Waals surface area contributed by atoms with Crippen LogP contribution in [0.1, 0.15) is 32.7 Å². The normalized spacial score (nSPS) is 14.2. The standard InChI is InChI=1S/C19H17F3N2O5S/c20-19(21,22)11-23-17(25)13-3-1-5-15(10-13)30(28,29)24-8-2-4-12-9-14(18(26)27)6-7-16(12)24/h1,3,5-7,9-10H,2,4,8,11H2,(H,23,25)(H,26,27). The van der Waals surface area contributed by atoms with Crippen LogP contribution in [-0.4, -0.2) is 44.7 Å². The van der Waals surface area contributed by atoms with Gasteiger partial charge in [0.2, 0.25) is 0 Å². The quantitative estimate of drug-likeness (QED) is 0.741. The van der Waals surface area contributed by atoms with Gasteiger partial charge in [0.1, 0.15) is 6.54 Å². The minimum Gasteiger partial charge on any atom is -0.478 e. The van der Waals surface area contributed by atoms with Crippen LogP contribution < -0.4 is 9.62 Å². The van der Waals surface area contributed by atoms with Crippen LogP contribution in [0.25, 0.3) is 0 Å². The number of carboxylic acids is 1. The highest BCUT2D eigenvalue weighted by atomic mass is 32.2. The van der Waals surface area contributed by atoms with E-state index >= 15 is 0 Å². The topological polar surface area (TPSA) is 104 Å². The summed E-state index contributed by atoms with van der Waals surface area (Å²) >= 11 is 0. The molecule has 7 nitrogen and oxygen atoms in total. The molecule has 1 heterocycles. The summed E-state index contributed by atoms with van der Waals surface area (Å²) in [4.78, 5) is 22.9. The number of anilines is 1. The summed E-state index contributed by atoms with van der Waals surface area (Å²) in [5.74, 6) is -2.18. The molecule has 2 aromatic carbocycles. The molecule has 0 radical (unpaired) electrons. The third-order valence-electron chi connectivity index (χ3n) is 4.54. The number of amides is 1. The lowest BCUT2D eigenvalue weighted by Gasteiger charge is -2.30. The smallest absolute Gasteiger partial charge is 0.405 e. The van der Waals surface area contributed by atoms with Crippen LogP contribution in [0.15, 0.2) is 47.4 Å². The van der Waals surface area contributed by atoms with E-state index in [1.54, 1.807) is 5.32 Å². The first kappa shape index (κ1) is 21.6. The molecule has 3 rings (SSSR count). The number of nitrogens with zero attached hydrogens (tertiary/aromatic N) is 1. The van der Waals surface area contributed by atoms with Crippen molar-refractivity contribution >= 4 is 27.6 Å². The number of carboxylic acid groups (broad SMARTS) is 1. The van der Waals surface area contributed by atoms with E-state index in [0.717, 1.165) is 10.4 Å². The molecule has 30 heavy (non-hydrogen) atoms. The highest BCUT2D eigenvalue weighted by Gasteiger charge is 2.31. The van der Waals surface area contributed by atoms with Gasteiger partial charge in [-0.1, -0.05) is 6.07 Å². The number of rotatable bonds is 5. The summed E-state index contributed by atoms with van der Waals surface area (Å²) in [5.41, 5.74) is 0.706. The molecule has 0 fully saturated rings. The van der Waals surface area contributed by atoms with Crippen LogP contribution >= 0.6 is 0 Å². The lowest BCUT2D eigenvalue weighted by Crippen LogP contribution is -2.36. The Hall–Kier alpha value is -3.08. The number of benzene rings is 2. The SMILES string of the molecule is O=C(O)c1ccc2c(c1)CCCN2S(=O)(=O)c1cccc(C(=O)NCC(F)(F)F)c1. The first-order valence-corrected chi connectivity index (χ1v) is 10.3. The van der Waals surface area contributed by atoms with Crippen molar-refractivity contribution in [1.29, 1.82) is 0 Å². The van der Waals surface area contributed by atoms with Gasteiger partial charge in [0.05, 0.1) is 16.1 Å². The molecule has 0 saturated carbocycles. The number of alkyl halides is 3. The summed E-state index contributed by atoms with van der Waals surface area (Å²) in [6.07, 6.45) is -3.63. The van der Waals surface area contributed by atoms with Gasteiger partial charge in [0, 0.05) is 12.1 Å². The molecule has 160 valence electrons. The summed E-state index contributed by atoms with van der Waals surface area (Å²) in [7, 11) is -4.12. The number of nitrogens with one attached hydrogen (secondary N) is 1. The Balaban J connectivity index is 1.92. The van der Waals surface area contributed by atoms with Crippen molar-refractivity contribution in [1.82, 2.24) is 5.32 Å². The van der Waals surface area contributed by atoms with Gasteiger partial charge in [-0.3, -0.25) is 9.10 Å². The van der Waals surface area contributed by atoms with Crippen molar-refractivity contribution in [3.8, 4) is 0 Å². The van der Waals surface area contributed by atoms with Gasteiger partial charge in [-0.15, -0.1) is 0 Å². The van der Waals surface area contributed by atoms with E-state index in [9.17, 15) is 31.2 Å². The Labute approximate surface area is 170 Å². The van der Waals surface area contributed by atoms with E-state index in [4.69, 9.17) is 5.11 Å². The summed E-state index contributed by atoms with van der Waals surface area (Å²) in [5, 5.41) is 10.8. The molecular weight excluding hydrogens is 425 g/mol. The first-order chi connectivity index (χ1) is 14.0. The van der Waals surface area contributed by atoms with Crippen molar-refractivity contribution < 1.29 is 36.3 Å². The van der Waals surface area contributed by atoms with Crippen molar-refractivity contribution in [2.45, 2.75) is 23.9 Å². The third-order valence-corrected chi connectivity index (χ3v) is 6.35. The predicted octanol–water partition coefficient (Wildman–Crippen LogP) is 2.82. The lowest BCUT2D eigenvalue weighted by molar-refractivity contribution is -0.123. The Bertz CT molecular complexity index is 1100. The Morgan fingerprint density at radius 3 is 2.50 bits per heavy atom. The summed E-state index contributed by atoms with van der Waals surface area (Å²) in [6, 6.07) is 8.88. The number of aryl methyl sites for hydroxylation is 1. The van der Waals surface area contributed by atoms with Gasteiger partial charge in [-0.25, -0.2) is 13.2 Å². The maximum Gasteiger partial charge on any atom is 0.405 e. The van der Waals surface area contributed by atoms with Crippen LogP contribution in [0.4, 0.5) is 18.9 Å². The van der Waals surface area contributed by atoms with Crippen molar-refractivity contribution in [2.24, 2.45) is 0 Å². The number of sulfonamides is 1. The second-order valence-electron chi connectivity index (χ2n) is 6.66. The Morgan fingerprint density at radius 1 is 1.10 bits per heavy atom. The molecule has 0 aliphatic carbocycles. The van der Waals surface area contributed by atoms with Crippen LogP contribution in [0.3, 0.4) is 0 Å². The molecule has 1 amide bonds. The minimum absolute atomic E-state index is 0.0383. The molecule has 0 atom stereocenters. The fourth-order valence-corrected chi connectivity index (χ4v) is 4.74. The van der Waals surface area contributed by atoms with Gasteiger partial charge >= 0.3 is 12.1 Å². The van der Waals surface area contributed by atoms with Gasteiger partial charge < -0.3 is 10.4 Å². The largest absolute Gasteiger partial charge is 0.478 e. The zero-order valence-corrected chi connectivity index (χ0v) is 16.3. The average Bonchev–Trinajstić information content (AvgIpc) is 2.70. The average molecular weight is 442 g/mol. The predicted molar refractivity (Wildman–Crippen MR) is 101 cm³/mol. The van der Waals surface area contributed by atoms with E-state index in [-0.39, 0.29) is 22.6 Å². The Kier molecular flexibility index (Phi) is 5.75. The van der Waals surface area contributed by atoms with Crippen LogP contribution in [0, 0.1) is 0 Å². The van der Waals surface area contributed by atoms with E-state index in [0.29, 0.717) is 24.1 Å². The highest BCUT2D eigenvalue weighted by Crippen LogP contribution is 2.33. The maximum absolute atomic E-state index is 13.2. The van der Waals surface area contributed by atoms with Crippen molar-refractivity contribution in [2.75, 3.05) is 17.4 Å². The molecule has 0 spiro atoms. The molecule has 2 N–H and O–H groups in total. The summed E-state index contributed by atoms with van der Waals surface area (Å²) in [6.45, 7) is -1.39. The number of hydrogen-bond acceptors (Lipinski definition) is 4. The molecular formula is C19H17F3N2O5S. The van der Waals surface area contributed by atoms with E-state index in [1.165, 1.54) is 36.4 Å². The van der Waals surface area contributed by atoms with Crippen LogP contribution in [0.2, 0.25) is 0 Å². The van der Waals surface area contributed by atoms with Gasteiger partial charge in [-0.2, -0.15) is 13.2 Å². The number of aromatic carboxylic acids is 1. The first-order valence-electron chi connectivity index (χ1n) is 8.83. The monoisotopic (exact) mass is 442 g/mol. The fourth-order valence-electron chi connectivity index (χ4n) is 3.15. The van der Waals surface area contributed by atoms with Crippen molar-refractivity contribution in [3.05, 3.63) is 59.2 Å². The second-order valence-corrected chi connectivity index (χ2v) is 8.52. The molecule has 2 aromatic rings. The molecule has 0 aromatic heterocycles. The van der Waals surface area contributed by atoms with Crippen molar-refractivity contribution in [3.63, 3.8) is 0 Å². The molecule has 11 heteroatoms. The number of hydrogen-bond donors (Lipinski definition) is 2. The minimum atomic E-state index is -4.59. The van der Waals surface area contributed by atoms with E-state index in [1.807, 2.05) is 0 Å².